The summed E-state index contributed by atoms with van der Waals surface area (Å²) >= 11 is 6.31. The van der Waals surface area contributed by atoms with Crippen LogP contribution in [0, 0.1) is 11.6 Å². The lowest BCUT2D eigenvalue weighted by Crippen LogP contribution is -2.48. The van der Waals surface area contributed by atoms with E-state index in [-0.39, 0.29) is 39.0 Å². The first-order valence-corrected chi connectivity index (χ1v) is 12.4. The van der Waals surface area contributed by atoms with Gasteiger partial charge in [-0.1, -0.05) is 11.6 Å². The topological polar surface area (TPSA) is 90.9 Å². The molecule has 1 fully saturated rings. The van der Waals surface area contributed by atoms with E-state index in [2.05, 4.69) is 10.6 Å². The Morgan fingerprint density at radius 3 is 2.48 bits per heavy atom. The zero-order chi connectivity index (χ0) is 28.6. The number of β-amino-alcohol motifs (C(OH)–C–C–N with tert-alkyl or cyclic N) is 1. The summed E-state index contributed by atoms with van der Waals surface area (Å²) in [6, 6.07) is 7.11. The lowest BCUT2D eigenvalue weighted by Gasteiger charge is -2.29. The average molecular weight is 580 g/mol. The molecule has 2 atom stereocenters. The van der Waals surface area contributed by atoms with E-state index < -0.39 is 53.5 Å². The van der Waals surface area contributed by atoms with Crippen molar-refractivity contribution in [3.8, 4) is 0 Å². The fourth-order valence-electron chi connectivity index (χ4n) is 5.27. The number of aliphatic hydroxyl groups is 1. The summed E-state index contributed by atoms with van der Waals surface area (Å²) in [6.45, 7) is -0.511. The van der Waals surface area contributed by atoms with Crippen LogP contribution in [-0.4, -0.2) is 43.0 Å². The van der Waals surface area contributed by atoms with Crippen molar-refractivity contribution in [3.05, 3.63) is 93.0 Å². The highest BCUT2D eigenvalue weighted by molar-refractivity contribution is 6.31. The molecule has 0 aliphatic carbocycles. The number of fused-ring (bicyclic) bond motifs is 2. The van der Waals surface area contributed by atoms with E-state index in [1.807, 2.05) is 0 Å². The molecule has 0 spiro atoms. The van der Waals surface area contributed by atoms with E-state index in [4.69, 9.17) is 16.3 Å². The van der Waals surface area contributed by atoms with Gasteiger partial charge in [-0.2, -0.15) is 13.2 Å². The third kappa shape index (κ3) is 4.09. The van der Waals surface area contributed by atoms with Crippen LogP contribution in [0.3, 0.4) is 0 Å². The second-order valence-electron chi connectivity index (χ2n) is 9.87. The molecule has 208 valence electrons. The summed E-state index contributed by atoms with van der Waals surface area (Å²) in [5.41, 5.74) is -3.34. The van der Waals surface area contributed by atoms with Gasteiger partial charge in [-0.25, -0.2) is 13.6 Å². The standard InChI is InChI=1S/C27H19ClF5N3O4/c28-19-3-1-14(29)7-16(19)23-22-17(24(37)35-23)5-12(13-9-40-10-13)6-20(22)34-25(38)36-11-26(39,27(31,32)33)18-8-15(30)2-4-21(18)36/h1-8,13,23,39H,9-11H2,(H,34,38)(H,35,37)/t23-,26+/m0/s1. The number of benzene rings is 3. The second kappa shape index (κ2) is 9.15. The Hall–Kier alpha value is -3.74. The van der Waals surface area contributed by atoms with Crippen molar-refractivity contribution < 1.29 is 41.4 Å². The van der Waals surface area contributed by atoms with Crippen LogP contribution in [0.15, 0.2) is 48.5 Å². The van der Waals surface area contributed by atoms with E-state index in [1.165, 1.54) is 6.07 Å². The van der Waals surface area contributed by atoms with Gasteiger partial charge >= 0.3 is 12.2 Å². The first-order valence-electron chi connectivity index (χ1n) is 12.1. The van der Waals surface area contributed by atoms with Crippen molar-refractivity contribution in [3.63, 3.8) is 0 Å². The Morgan fingerprint density at radius 1 is 1.10 bits per heavy atom. The number of hydrogen-bond acceptors (Lipinski definition) is 4. The molecule has 0 saturated carbocycles. The number of halogens is 6. The molecular weight excluding hydrogens is 561 g/mol. The molecule has 3 amide bonds. The molecular formula is C27H19ClF5N3O4. The number of hydrogen-bond donors (Lipinski definition) is 3. The highest BCUT2D eigenvalue weighted by Crippen LogP contribution is 2.49. The number of rotatable bonds is 3. The number of carbonyl (C=O) groups is 2. The predicted molar refractivity (Wildman–Crippen MR) is 133 cm³/mol. The van der Waals surface area contributed by atoms with Crippen LogP contribution < -0.4 is 15.5 Å². The van der Waals surface area contributed by atoms with Gasteiger partial charge in [0.15, 0.2) is 0 Å². The maximum absolute atomic E-state index is 14.1. The van der Waals surface area contributed by atoms with Crippen molar-refractivity contribution >= 4 is 34.9 Å². The van der Waals surface area contributed by atoms with Gasteiger partial charge in [0, 0.05) is 38.9 Å². The third-order valence-electron chi connectivity index (χ3n) is 7.43. The largest absolute Gasteiger partial charge is 0.423 e. The number of nitrogens with one attached hydrogen (secondary N) is 2. The zero-order valence-electron chi connectivity index (χ0n) is 20.3. The van der Waals surface area contributed by atoms with Gasteiger partial charge in [0.25, 0.3) is 5.91 Å². The Bertz CT molecular complexity index is 1580. The molecule has 3 aliphatic heterocycles. The Labute approximate surface area is 228 Å². The third-order valence-corrected chi connectivity index (χ3v) is 7.77. The summed E-state index contributed by atoms with van der Waals surface area (Å²) in [5.74, 6) is -2.26. The molecule has 0 radical (unpaired) electrons. The highest BCUT2D eigenvalue weighted by Gasteiger charge is 2.61. The minimum Gasteiger partial charge on any atom is -0.380 e. The average Bonchev–Trinajstić information content (AvgIpc) is 3.34. The van der Waals surface area contributed by atoms with E-state index in [0.29, 0.717) is 29.7 Å². The minimum absolute atomic E-state index is 0.0687. The Balaban J connectivity index is 1.44. The minimum atomic E-state index is -5.22. The van der Waals surface area contributed by atoms with E-state index >= 15 is 0 Å². The Morgan fingerprint density at radius 2 is 1.80 bits per heavy atom. The summed E-state index contributed by atoms with van der Waals surface area (Å²) in [6.07, 6.45) is -5.22. The van der Waals surface area contributed by atoms with Crippen LogP contribution >= 0.6 is 11.6 Å². The molecule has 3 N–H and O–H groups in total. The van der Waals surface area contributed by atoms with Gasteiger partial charge in [0.1, 0.15) is 11.6 Å². The molecule has 13 heteroatoms. The summed E-state index contributed by atoms with van der Waals surface area (Å²) in [7, 11) is 0. The summed E-state index contributed by atoms with van der Waals surface area (Å²) in [4.78, 5) is 27.2. The van der Waals surface area contributed by atoms with Gasteiger partial charge in [-0.3, -0.25) is 9.69 Å². The maximum atomic E-state index is 14.1. The van der Waals surface area contributed by atoms with Crippen LogP contribution in [0.5, 0.6) is 0 Å². The number of urea groups is 1. The first-order chi connectivity index (χ1) is 18.9. The predicted octanol–water partition coefficient (Wildman–Crippen LogP) is 5.37. The molecule has 40 heavy (non-hydrogen) atoms. The zero-order valence-corrected chi connectivity index (χ0v) is 21.0. The molecule has 6 rings (SSSR count). The number of anilines is 2. The fourth-order valence-corrected chi connectivity index (χ4v) is 5.50. The normalized spacial score (nSPS) is 22.0. The molecule has 0 unspecified atom stereocenters. The summed E-state index contributed by atoms with van der Waals surface area (Å²) in [5, 5.41) is 16.0. The molecule has 3 heterocycles. The number of carbonyl (C=O) groups excluding carboxylic acids is 2. The van der Waals surface area contributed by atoms with Crippen LogP contribution in [0.1, 0.15) is 44.6 Å². The summed E-state index contributed by atoms with van der Waals surface area (Å²) < 4.78 is 75.0. The monoisotopic (exact) mass is 579 g/mol. The molecule has 7 nitrogen and oxygen atoms in total. The maximum Gasteiger partial charge on any atom is 0.423 e. The van der Waals surface area contributed by atoms with E-state index in [9.17, 15) is 36.6 Å². The molecule has 1 saturated heterocycles. The van der Waals surface area contributed by atoms with Crippen LogP contribution in [0.2, 0.25) is 5.02 Å². The van der Waals surface area contributed by atoms with Crippen molar-refractivity contribution in [1.29, 1.82) is 0 Å². The quantitative estimate of drug-likeness (QED) is 0.364. The number of amides is 3. The van der Waals surface area contributed by atoms with Crippen molar-refractivity contribution in [2.24, 2.45) is 0 Å². The van der Waals surface area contributed by atoms with Crippen LogP contribution in [0.4, 0.5) is 38.1 Å². The number of ether oxygens (including phenoxy) is 1. The van der Waals surface area contributed by atoms with Gasteiger partial charge < -0.3 is 20.5 Å². The van der Waals surface area contributed by atoms with Crippen molar-refractivity contribution in [1.82, 2.24) is 5.32 Å². The van der Waals surface area contributed by atoms with Gasteiger partial charge in [-0.15, -0.1) is 0 Å². The SMILES string of the molecule is O=C1N[C@@H](c2cc(F)ccc2Cl)c2c(NC(=O)N3C[C@](O)(C(F)(F)F)c4cc(F)ccc43)cc(C3COC3)cc21. The molecule has 3 aromatic rings. The van der Waals surface area contributed by atoms with Gasteiger partial charge in [0.05, 0.1) is 31.5 Å². The first kappa shape index (κ1) is 26.5. The fraction of sp³-hybridized carbons (Fsp3) is 0.259. The van der Waals surface area contributed by atoms with Gasteiger partial charge in [0.2, 0.25) is 5.60 Å². The molecule has 0 aromatic heterocycles. The van der Waals surface area contributed by atoms with Crippen molar-refractivity contribution in [2.75, 3.05) is 30.0 Å². The van der Waals surface area contributed by atoms with Gasteiger partial charge in [-0.05, 0) is 54.1 Å². The lowest BCUT2D eigenvalue weighted by atomic mass is 9.90. The van der Waals surface area contributed by atoms with E-state index in [1.54, 1.807) is 12.1 Å². The molecule has 3 aromatic carbocycles. The van der Waals surface area contributed by atoms with E-state index in [0.717, 1.165) is 24.3 Å². The van der Waals surface area contributed by atoms with Crippen LogP contribution in [0.25, 0.3) is 0 Å². The second-order valence-corrected chi connectivity index (χ2v) is 10.3. The smallest absolute Gasteiger partial charge is 0.380 e. The number of nitrogens with zero attached hydrogens (tertiary/aromatic N) is 1. The highest BCUT2D eigenvalue weighted by atomic mass is 35.5. The van der Waals surface area contributed by atoms with Crippen LogP contribution in [-0.2, 0) is 10.3 Å². The molecule has 0 bridgehead atoms. The molecule has 3 aliphatic rings. The van der Waals surface area contributed by atoms with Crippen molar-refractivity contribution in [2.45, 2.75) is 23.7 Å². The number of alkyl halides is 3. The Kier molecular flexibility index (Phi) is 6.06. The lowest BCUT2D eigenvalue weighted by molar-refractivity contribution is -0.258.